The summed E-state index contributed by atoms with van der Waals surface area (Å²) >= 11 is 0. The van der Waals surface area contributed by atoms with Gasteiger partial charge in [-0.05, 0) is 37.2 Å². The van der Waals surface area contributed by atoms with Gasteiger partial charge in [0.1, 0.15) is 5.82 Å². The van der Waals surface area contributed by atoms with Gasteiger partial charge in [-0.3, -0.25) is 0 Å². The minimum atomic E-state index is 0.694. The Morgan fingerprint density at radius 1 is 1.09 bits per heavy atom. The van der Waals surface area contributed by atoms with Crippen LogP contribution in [0.3, 0.4) is 0 Å². The molecular formula is C18H25N5. The summed E-state index contributed by atoms with van der Waals surface area (Å²) in [5.41, 5.74) is 9.35. The van der Waals surface area contributed by atoms with Gasteiger partial charge in [0.05, 0.1) is 5.69 Å². The molecule has 0 radical (unpaired) electrons. The molecule has 1 fully saturated rings. The van der Waals surface area contributed by atoms with E-state index in [9.17, 15) is 0 Å². The van der Waals surface area contributed by atoms with Crippen LogP contribution in [0.15, 0.2) is 42.6 Å². The third-order valence-corrected chi connectivity index (χ3v) is 4.36. The van der Waals surface area contributed by atoms with E-state index in [1.807, 2.05) is 12.1 Å². The quantitative estimate of drug-likeness (QED) is 0.885. The number of hydrogen-bond acceptors (Lipinski definition) is 5. The summed E-state index contributed by atoms with van der Waals surface area (Å²) in [6, 6.07) is 12.4. The number of hydrogen-bond donors (Lipinski definition) is 2. The third-order valence-electron chi connectivity index (χ3n) is 4.36. The molecule has 1 aliphatic heterocycles. The zero-order chi connectivity index (χ0) is 16.1. The van der Waals surface area contributed by atoms with Crippen molar-refractivity contribution in [2.75, 3.05) is 55.7 Å². The summed E-state index contributed by atoms with van der Waals surface area (Å²) in [6.45, 7) is 5.25. The molecule has 2 heterocycles. The number of rotatable bonds is 5. The zero-order valence-corrected chi connectivity index (χ0v) is 13.7. The number of nitrogens with two attached hydrogens (primary N) is 1. The fourth-order valence-corrected chi connectivity index (χ4v) is 2.96. The number of para-hydroxylation sites is 1. The van der Waals surface area contributed by atoms with Crippen molar-refractivity contribution in [1.29, 1.82) is 0 Å². The number of benzene rings is 1. The lowest BCUT2D eigenvalue weighted by Crippen LogP contribution is -2.44. The molecule has 5 nitrogen and oxygen atoms in total. The Balaban J connectivity index is 1.63. The maximum absolute atomic E-state index is 5.92. The first-order valence-corrected chi connectivity index (χ1v) is 8.20. The van der Waals surface area contributed by atoms with Crippen LogP contribution in [0.4, 0.5) is 17.2 Å². The first kappa shape index (κ1) is 15.6. The van der Waals surface area contributed by atoms with Crippen LogP contribution < -0.4 is 16.0 Å². The van der Waals surface area contributed by atoms with E-state index < -0.39 is 0 Å². The molecule has 122 valence electrons. The first-order chi connectivity index (χ1) is 11.2. The molecule has 1 aliphatic rings. The van der Waals surface area contributed by atoms with Crippen LogP contribution >= 0.6 is 0 Å². The van der Waals surface area contributed by atoms with E-state index in [1.54, 1.807) is 6.20 Å². The Morgan fingerprint density at radius 2 is 1.87 bits per heavy atom. The second-order valence-electron chi connectivity index (χ2n) is 6.04. The Bertz CT molecular complexity index is 635. The molecule has 1 aromatic heterocycles. The fourth-order valence-electron chi connectivity index (χ4n) is 2.96. The van der Waals surface area contributed by atoms with Crippen LogP contribution in [-0.4, -0.2) is 49.7 Å². The van der Waals surface area contributed by atoms with E-state index in [-0.39, 0.29) is 0 Å². The molecule has 3 N–H and O–H groups in total. The Hall–Kier alpha value is -2.27. The second-order valence-corrected chi connectivity index (χ2v) is 6.04. The standard InChI is InChI=1S/C18H25N5/c1-22-11-13-23(14-12-22)17-7-3-2-5-15(17)8-10-21-18-16(19)6-4-9-20-18/h2-7,9H,8,10-14,19H2,1H3,(H,20,21). The number of anilines is 3. The monoisotopic (exact) mass is 311 g/mol. The SMILES string of the molecule is CN1CCN(c2ccccc2CCNc2ncccc2N)CC1. The van der Waals surface area contributed by atoms with Gasteiger partial charge in [0.25, 0.3) is 0 Å². The maximum Gasteiger partial charge on any atom is 0.149 e. The van der Waals surface area contributed by atoms with Gasteiger partial charge in [-0.25, -0.2) is 4.98 Å². The minimum Gasteiger partial charge on any atom is -0.396 e. The third kappa shape index (κ3) is 3.93. The molecule has 23 heavy (non-hydrogen) atoms. The maximum atomic E-state index is 5.92. The number of likely N-dealkylation sites (N-methyl/N-ethyl adjacent to an activating group) is 1. The van der Waals surface area contributed by atoms with E-state index >= 15 is 0 Å². The summed E-state index contributed by atoms with van der Waals surface area (Å²) in [5, 5.41) is 3.34. The molecule has 5 heteroatoms. The van der Waals surface area contributed by atoms with Crippen LogP contribution in [0.1, 0.15) is 5.56 Å². The van der Waals surface area contributed by atoms with Crippen LogP contribution in [-0.2, 0) is 6.42 Å². The van der Waals surface area contributed by atoms with Crippen molar-refractivity contribution in [3.05, 3.63) is 48.2 Å². The molecule has 1 saturated heterocycles. The highest BCUT2D eigenvalue weighted by Gasteiger charge is 2.16. The lowest BCUT2D eigenvalue weighted by Gasteiger charge is -2.35. The van der Waals surface area contributed by atoms with E-state index in [0.717, 1.165) is 45.0 Å². The summed E-state index contributed by atoms with van der Waals surface area (Å²) < 4.78 is 0. The van der Waals surface area contributed by atoms with Crippen molar-refractivity contribution in [2.24, 2.45) is 0 Å². The minimum absolute atomic E-state index is 0.694. The molecule has 0 atom stereocenters. The highest BCUT2D eigenvalue weighted by molar-refractivity contribution is 5.60. The van der Waals surface area contributed by atoms with E-state index in [2.05, 4.69) is 51.4 Å². The van der Waals surface area contributed by atoms with Gasteiger partial charge in [0.15, 0.2) is 0 Å². The number of nitrogen functional groups attached to an aromatic ring is 1. The Kier molecular flexibility index (Phi) is 4.98. The highest BCUT2D eigenvalue weighted by atomic mass is 15.2. The van der Waals surface area contributed by atoms with E-state index in [1.165, 1.54) is 11.3 Å². The van der Waals surface area contributed by atoms with Crippen molar-refractivity contribution in [2.45, 2.75) is 6.42 Å². The molecule has 0 saturated carbocycles. The lowest BCUT2D eigenvalue weighted by atomic mass is 10.1. The smallest absolute Gasteiger partial charge is 0.149 e. The second kappa shape index (κ2) is 7.33. The van der Waals surface area contributed by atoms with Crippen molar-refractivity contribution in [1.82, 2.24) is 9.88 Å². The molecule has 0 amide bonds. The van der Waals surface area contributed by atoms with Gasteiger partial charge in [0, 0.05) is 44.6 Å². The van der Waals surface area contributed by atoms with Crippen molar-refractivity contribution in [3.63, 3.8) is 0 Å². The molecule has 0 bridgehead atoms. The fraction of sp³-hybridized carbons (Fsp3) is 0.389. The molecule has 2 aromatic rings. The zero-order valence-electron chi connectivity index (χ0n) is 13.7. The number of nitrogens with zero attached hydrogens (tertiary/aromatic N) is 3. The number of nitrogens with one attached hydrogen (secondary N) is 1. The molecular weight excluding hydrogens is 286 g/mol. The average Bonchev–Trinajstić information content (AvgIpc) is 2.58. The number of aromatic nitrogens is 1. The van der Waals surface area contributed by atoms with Crippen molar-refractivity contribution in [3.8, 4) is 0 Å². The number of piperazine rings is 1. The van der Waals surface area contributed by atoms with Crippen LogP contribution in [0.5, 0.6) is 0 Å². The molecule has 1 aromatic carbocycles. The summed E-state index contributed by atoms with van der Waals surface area (Å²) in [6.07, 6.45) is 2.72. The van der Waals surface area contributed by atoms with E-state index in [0.29, 0.717) is 5.69 Å². The Labute approximate surface area is 138 Å². The predicted octanol–water partition coefficient (Wildman–Crippen LogP) is 2.07. The summed E-state index contributed by atoms with van der Waals surface area (Å²) in [7, 11) is 2.18. The normalized spacial score (nSPS) is 15.6. The molecule has 0 spiro atoms. The molecule has 3 rings (SSSR count). The van der Waals surface area contributed by atoms with Gasteiger partial charge in [0.2, 0.25) is 0 Å². The van der Waals surface area contributed by atoms with Gasteiger partial charge in [-0.2, -0.15) is 0 Å². The topological polar surface area (TPSA) is 57.4 Å². The molecule has 0 unspecified atom stereocenters. The van der Waals surface area contributed by atoms with Gasteiger partial charge >= 0.3 is 0 Å². The predicted molar refractivity (Wildman–Crippen MR) is 97.0 cm³/mol. The Morgan fingerprint density at radius 3 is 2.65 bits per heavy atom. The molecule has 0 aliphatic carbocycles. The van der Waals surface area contributed by atoms with Crippen molar-refractivity contribution >= 4 is 17.2 Å². The van der Waals surface area contributed by atoms with E-state index in [4.69, 9.17) is 5.73 Å². The van der Waals surface area contributed by atoms with Gasteiger partial charge < -0.3 is 20.9 Å². The summed E-state index contributed by atoms with van der Waals surface area (Å²) in [5.74, 6) is 0.768. The first-order valence-electron chi connectivity index (χ1n) is 8.20. The van der Waals surface area contributed by atoms with Gasteiger partial charge in [-0.1, -0.05) is 18.2 Å². The largest absolute Gasteiger partial charge is 0.396 e. The van der Waals surface area contributed by atoms with Crippen molar-refractivity contribution < 1.29 is 0 Å². The van der Waals surface area contributed by atoms with Crippen LogP contribution in [0.25, 0.3) is 0 Å². The van der Waals surface area contributed by atoms with Crippen LogP contribution in [0, 0.1) is 0 Å². The number of pyridine rings is 1. The van der Waals surface area contributed by atoms with Crippen LogP contribution in [0.2, 0.25) is 0 Å². The van der Waals surface area contributed by atoms with Gasteiger partial charge in [-0.15, -0.1) is 0 Å². The lowest BCUT2D eigenvalue weighted by molar-refractivity contribution is 0.312. The highest BCUT2D eigenvalue weighted by Crippen LogP contribution is 2.22. The average molecular weight is 311 g/mol. The summed E-state index contributed by atoms with van der Waals surface area (Å²) in [4.78, 5) is 9.15.